The van der Waals surface area contributed by atoms with Gasteiger partial charge in [0.2, 0.25) is 0 Å². The van der Waals surface area contributed by atoms with E-state index in [1.54, 1.807) is 11.1 Å². The van der Waals surface area contributed by atoms with E-state index >= 15 is 0 Å². The van der Waals surface area contributed by atoms with Gasteiger partial charge in [0.05, 0.1) is 22.7 Å². The van der Waals surface area contributed by atoms with Crippen LogP contribution in [0.15, 0.2) is 158 Å². The molecule has 0 radical (unpaired) electrons. The Hall–Kier alpha value is -6.64. The minimum atomic E-state index is 0.525. The normalized spacial score (nSPS) is 16.6. The fraction of sp³-hybridized carbons (Fsp3) is 0.273. The molecular weight excluding hydrogens is 821 g/mol. The van der Waals surface area contributed by atoms with Gasteiger partial charge in [0.15, 0.2) is 0 Å². The van der Waals surface area contributed by atoms with Gasteiger partial charge in [-0.25, -0.2) is 0 Å². The first-order chi connectivity index (χ1) is 33.7. The lowest BCUT2D eigenvalue weighted by molar-refractivity contribution is 0.445. The maximum atomic E-state index is 2.68. The first kappa shape index (κ1) is 40.4. The average molecular weight is 881 g/mol. The highest BCUT2D eigenvalue weighted by atomic mass is 15.2. The van der Waals surface area contributed by atoms with Gasteiger partial charge in [-0.2, -0.15) is 0 Å². The summed E-state index contributed by atoms with van der Waals surface area (Å²) in [4.78, 5) is 5.35. The average Bonchev–Trinajstić information content (AvgIpc) is 4.09. The van der Waals surface area contributed by atoms with Crippen molar-refractivity contribution < 1.29 is 0 Å². The van der Waals surface area contributed by atoms with E-state index in [2.05, 4.69) is 168 Å². The predicted octanol–water partition coefficient (Wildman–Crippen LogP) is 18.9. The SMILES string of the molecule is c1ccc2c(N(c3ccc4c(c3)CCC4)c3cc(C4CCCCC4)c4ccc5c(N(c6ccc7c(c6)CCC7)c6cccc7ccccc67)cc(C6CCCCC6)c6ccc3c4c65)cccc2c1. The molecule has 0 unspecified atom stereocenters. The molecule has 0 spiro atoms. The minimum absolute atomic E-state index is 0.525. The Morgan fingerprint density at radius 3 is 1.18 bits per heavy atom. The Balaban J connectivity index is 1.12. The standard InChI is InChI=1S/C66H60N2/c1-3-15-47(16-4-1)59-41-63(67(51-33-31-43-21-11-25-49(43)39-51)61-29-13-23-45-19-7-9-27-53(45)61)57-38-36-56-60(48-17-5-2-6-18-48)42-64(58-37-35-55(59)65(57)66(56)58)68(52-34-32-44-22-12-26-50(44)40-52)62-30-14-24-46-20-8-10-28-54(46)62/h7-10,13-14,19-20,23-24,27-42,47-48H,1-6,11-12,15-18,21-22,25-26H2. The van der Waals surface area contributed by atoms with Crippen molar-refractivity contribution in [3.05, 3.63) is 191 Å². The lowest BCUT2D eigenvalue weighted by Gasteiger charge is -2.34. The number of hydrogen-bond donors (Lipinski definition) is 0. The third-order valence-corrected chi connectivity index (χ3v) is 17.2. The molecular formula is C66H60N2. The van der Waals surface area contributed by atoms with Gasteiger partial charge in [-0.15, -0.1) is 0 Å². The molecule has 2 saturated carbocycles. The number of aryl methyl sites for hydroxylation is 4. The van der Waals surface area contributed by atoms with Gasteiger partial charge in [0.1, 0.15) is 0 Å². The molecule has 0 aromatic heterocycles. The van der Waals surface area contributed by atoms with Crippen LogP contribution in [0.5, 0.6) is 0 Å². The van der Waals surface area contributed by atoms with Crippen LogP contribution in [0.3, 0.4) is 0 Å². The maximum Gasteiger partial charge on any atom is 0.0543 e. The van der Waals surface area contributed by atoms with Crippen molar-refractivity contribution >= 4 is 88.0 Å². The highest BCUT2D eigenvalue weighted by Crippen LogP contribution is 2.54. The molecule has 0 aliphatic heterocycles. The molecule has 68 heavy (non-hydrogen) atoms. The van der Waals surface area contributed by atoms with Gasteiger partial charge < -0.3 is 9.80 Å². The molecule has 10 aromatic rings. The summed E-state index contributed by atoms with van der Waals surface area (Å²) in [6.07, 6.45) is 20.1. The summed E-state index contributed by atoms with van der Waals surface area (Å²) in [5, 5.41) is 13.7. The van der Waals surface area contributed by atoms with Crippen LogP contribution in [0.25, 0.3) is 53.9 Å². The summed E-state index contributed by atoms with van der Waals surface area (Å²) in [5.74, 6) is 1.05. The molecule has 0 saturated heterocycles. The maximum absolute atomic E-state index is 2.68. The number of anilines is 6. The second-order valence-corrected chi connectivity index (χ2v) is 21.0. The third kappa shape index (κ3) is 6.57. The van der Waals surface area contributed by atoms with Crippen LogP contribution < -0.4 is 9.80 Å². The Kier molecular flexibility index (Phi) is 9.84. The summed E-state index contributed by atoms with van der Waals surface area (Å²) in [5.41, 5.74) is 16.8. The van der Waals surface area contributed by atoms with E-state index < -0.39 is 0 Å². The van der Waals surface area contributed by atoms with Crippen molar-refractivity contribution in [1.29, 1.82) is 0 Å². The zero-order valence-electron chi connectivity index (χ0n) is 39.4. The highest BCUT2D eigenvalue weighted by molar-refractivity contribution is 6.30. The largest absolute Gasteiger partial charge is 0.309 e. The van der Waals surface area contributed by atoms with Crippen molar-refractivity contribution in [3.8, 4) is 0 Å². The zero-order chi connectivity index (χ0) is 44.7. The van der Waals surface area contributed by atoms with Gasteiger partial charge in [0.25, 0.3) is 0 Å². The molecule has 2 fully saturated rings. The smallest absolute Gasteiger partial charge is 0.0543 e. The van der Waals surface area contributed by atoms with Crippen LogP contribution in [0, 0.1) is 0 Å². The van der Waals surface area contributed by atoms with Crippen LogP contribution >= 0.6 is 0 Å². The molecule has 10 aromatic carbocycles. The van der Waals surface area contributed by atoms with Gasteiger partial charge in [0, 0.05) is 32.9 Å². The lowest BCUT2D eigenvalue weighted by atomic mass is 9.77. The van der Waals surface area contributed by atoms with Crippen LogP contribution in [-0.4, -0.2) is 0 Å². The lowest BCUT2D eigenvalue weighted by Crippen LogP contribution is -2.15. The highest BCUT2D eigenvalue weighted by Gasteiger charge is 2.31. The van der Waals surface area contributed by atoms with Gasteiger partial charge in [-0.3, -0.25) is 0 Å². The number of rotatable bonds is 8. The summed E-state index contributed by atoms with van der Waals surface area (Å²) in [6, 6.07) is 62.3. The topological polar surface area (TPSA) is 6.48 Å². The van der Waals surface area contributed by atoms with E-state index in [-0.39, 0.29) is 0 Å². The van der Waals surface area contributed by atoms with E-state index in [0.29, 0.717) is 11.8 Å². The van der Waals surface area contributed by atoms with Crippen LogP contribution in [0.2, 0.25) is 0 Å². The van der Waals surface area contributed by atoms with E-state index in [1.165, 1.54) is 200 Å². The molecule has 0 bridgehead atoms. The summed E-state index contributed by atoms with van der Waals surface area (Å²) >= 11 is 0. The van der Waals surface area contributed by atoms with E-state index in [4.69, 9.17) is 0 Å². The minimum Gasteiger partial charge on any atom is -0.309 e. The Morgan fingerprint density at radius 1 is 0.294 bits per heavy atom. The summed E-state index contributed by atoms with van der Waals surface area (Å²) in [7, 11) is 0. The van der Waals surface area contributed by atoms with Crippen molar-refractivity contribution in [2.45, 2.75) is 115 Å². The second kappa shape index (κ2) is 16.6. The van der Waals surface area contributed by atoms with Crippen LogP contribution in [0.1, 0.15) is 122 Å². The Bertz CT molecular complexity index is 3320. The number of fused-ring (bicyclic) bond motifs is 4. The molecule has 4 aliphatic rings. The molecule has 0 N–H and O–H groups in total. The monoisotopic (exact) mass is 880 g/mol. The number of hydrogen-bond acceptors (Lipinski definition) is 2. The van der Waals surface area contributed by atoms with Crippen molar-refractivity contribution in [1.82, 2.24) is 0 Å². The molecule has 4 aliphatic carbocycles. The fourth-order valence-electron chi connectivity index (χ4n) is 13.9. The Labute approximate surface area is 401 Å². The molecule has 334 valence electrons. The van der Waals surface area contributed by atoms with Crippen molar-refractivity contribution in [2.75, 3.05) is 9.80 Å². The second-order valence-electron chi connectivity index (χ2n) is 21.0. The van der Waals surface area contributed by atoms with Crippen LogP contribution in [-0.2, 0) is 25.7 Å². The van der Waals surface area contributed by atoms with Gasteiger partial charge in [-0.1, -0.05) is 148 Å². The van der Waals surface area contributed by atoms with Crippen molar-refractivity contribution in [3.63, 3.8) is 0 Å². The molecule has 0 amide bonds. The Morgan fingerprint density at radius 2 is 0.706 bits per heavy atom. The van der Waals surface area contributed by atoms with Gasteiger partial charge in [-0.05, 0) is 190 Å². The molecule has 0 heterocycles. The number of benzene rings is 10. The molecule has 14 rings (SSSR count). The molecule has 0 atom stereocenters. The summed E-state index contributed by atoms with van der Waals surface area (Å²) < 4.78 is 0. The third-order valence-electron chi connectivity index (χ3n) is 17.2. The first-order valence-electron chi connectivity index (χ1n) is 26.3. The predicted molar refractivity (Wildman–Crippen MR) is 290 cm³/mol. The quantitative estimate of drug-likeness (QED) is 0.140. The molecule has 2 heteroatoms. The van der Waals surface area contributed by atoms with Crippen molar-refractivity contribution in [2.24, 2.45) is 0 Å². The molecule has 2 nitrogen and oxygen atoms in total. The van der Waals surface area contributed by atoms with E-state index in [9.17, 15) is 0 Å². The first-order valence-corrected chi connectivity index (χ1v) is 26.3. The summed E-state index contributed by atoms with van der Waals surface area (Å²) in [6.45, 7) is 0. The van der Waals surface area contributed by atoms with E-state index in [0.717, 1.165) is 12.8 Å². The number of nitrogens with zero attached hydrogens (tertiary/aromatic N) is 2. The zero-order valence-corrected chi connectivity index (χ0v) is 39.4. The fourth-order valence-corrected chi connectivity index (χ4v) is 13.9. The van der Waals surface area contributed by atoms with E-state index in [1.807, 2.05) is 0 Å². The van der Waals surface area contributed by atoms with Crippen LogP contribution in [0.4, 0.5) is 34.1 Å². The van der Waals surface area contributed by atoms with Gasteiger partial charge >= 0.3 is 0 Å².